The standard InChI is InChI=1S/C132H68N12O6/c1-4-25-71(26-5-1)139-100-65-64-99-112(117(100)118-101(139)61-60-88-110-74(36-21-47-105(110)150-127(88)118)70-51-53-86-109(68-70)146-107-49-23-39-91-115(107)120(86)136-130(133-91)142-95-43-16-11-33-83(95)111-98(142)63-62-97-113(111)87-59-58-81-77-32-13-18-45-102(77)147-128(81)125(87)140(97)72-27-6-2-7-28-72)84-34-12-17-44-96(84)143(99)131-134-93-41-24-50-108-116(93)121(138-131)89-38-20-37-75(126(89)149-108)69-52-66-104-90(67-69)82-57-56-80-79-55-54-78-76-31-10-15-42-94(76)144(123(78)122(79)141(124(80)129(82)148-104)73-29-8-3-9-30-73)132-135-92-40-22-48-106-114(92)119(137-132)85-35-14-19-46-103(85)145-106/h1-68H. The molecule has 18 nitrogen and oxygen atoms in total. The Morgan fingerprint density at radius 1 is 0.173 bits per heavy atom. The first-order valence-electron chi connectivity index (χ1n) is 50.4. The number of hydrogen-bond donors (Lipinski definition) is 0. The first-order chi connectivity index (χ1) is 74.4. The Bertz CT molecular complexity index is 12100. The number of benzene rings is 21. The normalized spacial score (nSPS) is 12.8. The molecule has 0 N–H and O–H groups in total. The second-order valence-electron chi connectivity index (χ2n) is 39.6. The first kappa shape index (κ1) is 78.8. The summed E-state index contributed by atoms with van der Waals surface area (Å²) >= 11 is 0. The predicted molar refractivity (Wildman–Crippen MR) is 601 cm³/mol. The minimum atomic E-state index is 0.519. The van der Waals surface area contributed by atoms with E-state index < -0.39 is 0 Å². The van der Waals surface area contributed by atoms with E-state index in [0.29, 0.717) is 40.8 Å². The molecule has 12 aromatic heterocycles. The highest BCUT2D eigenvalue weighted by Gasteiger charge is 2.36. The SMILES string of the molecule is c1ccc(-n2c3ccc4c(oc5cccc(-c6ccc7c(c6)Oc6cccc8nc(-n9c%10ccccc%10c%10c%11c%12ccc%13c%14ccccc%14oc%13c%12n(-c%12ccccc%12)c%11ccc%109)nc-7c68)c54)c3c3c4c5ccccc5n(-c5nc6c7c(cccc7n5)Oc5c(-c7ccc8oc9c(ccc%10c%11ccc%12c%13ccccc%13n(-c%13nc%14c%15c(cccc%15n%13)Oc%13ccccc%13-%14)c%12c%11n(-c%11ccccc%11)c%109)c8c7)cccc5-6)c4ccc32)cc1. The number of aromatic nitrogens is 12. The number of rotatable bonds is 8. The van der Waals surface area contributed by atoms with E-state index in [1.807, 2.05) is 60.7 Å². The monoisotopic (exact) mass is 1920 g/mol. The van der Waals surface area contributed by atoms with Crippen LogP contribution in [0.2, 0.25) is 0 Å². The molecule has 3 aliphatic heterocycles. The topological polar surface area (TPSA) is 174 Å². The zero-order valence-electron chi connectivity index (χ0n) is 79.1. The van der Waals surface area contributed by atoms with Crippen LogP contribution >= 0.6 is 0 Å². The van der Waals surface area contributed by atoms with Crippen LogP contribution in [0.1, 0.15) is 0 Å². The lowest BCUT2D eigenvalue weighted by molar-refractivity contribution is 0.486. The van der Waals surface area contributed by atoms with Gasteiger partial charge in [0.15, 0.2) is 11.2 Å². The molecule has 0 spiro atoms. The largest absolute Gasteiger partial charge is 0.456 e. The highest BCUT2D eigenvalue weighted by atomic mass is 16.5. The summed E-state index contributed by atoms with van der Waals surface area (Å²) in [6, 6.07) is 145. The fraction of sp³-hybridized carbons (Fsp3) is 0. The van der Waals surface area contributed by atoms with Gasteiger partial charge in [-0.1, -0.05) is 218 Å². The Kier molecular flexibility index (Phi) is 15.0. The van der Waals surface area contributed by atoms with Gasteiger partial charge in [0.1, 0.15) is 56.8 Å². The van der Waals surface area contributed by atoms with E-state index in [2.05, 4.69) is 379 Å². The molecule has 0 fully saturated rings. The molecule has 15 heterocycles. The summed E-state index contributed by atoms with van der Waals surface area (Å²) < 4.78 is 56.6. The van der Waals surface area contributed by atoms with E-state index in [0.717, 1.165) is 314 Å². The summed E-state index contributed by atoms with van der Waals surface area (Å²) in [5.74, 6) is 5.85. The molecule has 0 saturated carbocycles. The smallest absolute Gasteiger partial charge is 0.235 e. The lowest BCUT2D eigenvalue weighted by Gasteiger charge is -2.23. The highest BCUT2D eigenvalue weighted by molar-refractivity contribution is 6.37. The van der Waals surface area contributed by atoms with Crippen LogP contribution in [-0.4, -0.2) is 57.3 Å². The minimum absolute atomic E-state index is 0.519. The van der Waals surface area contributed by atoms with Crippen LogP contribution in [0.3, 0.4) is 0 Å². The van der Waals surface area contributed by atoms with Crippen molar-refractivity contribution in [2.24, 2.45) is 0 Å². The van der Waals surface area contributed by atoms with Gasteiger partial charge >= 0.3 is 0 Å². The number of nitrogens with zero attached hydrogens (tertiary/aromatic N) is 12. The molecule has 3 aliphatic rings. The first-order valence-corrected chi connectivity index (χ1v) is 50.4. The summed E-state index contributed by atoms with van der Waals surface area (Å²) in [7, 11) is 0. The Balaban J connectivity index is 0.494. The fourth-order valence-corrected chi connectivity index (χ4v) is 25.9. The molecule has 0 bridgehead atoms. The van der Waals surface area contributed by atoms with Crippen LogP contribution in [0.5, 0.6) is 34.5 Å². The van der Waals surface area contributed by atoms with Crippen molar-refractivity contribution in [2.75, 3.05) is 0 Å². The van der Waals surface area contributed by atoms with Gasteiger partial charge in [-0.25, -0.2) is 29.9 Å². The van der Waals surface area contributed by atoms with Crippen LogP contribution in [0.15, 0.2) is 426 Å². The van der Waals surface area contributed by atoms with Gasteiger partial charge in [0.2, 0.25) is 17.8 Å². The van der Waals surface area contributed by atoms with E-state index in [-0.39, 0.29) is 0 Å². The van der Waals surface area contributed by atoms with Gasteiger partial charge in [-0.05, 0) is 211 Å². The third-order valence-electron chi connectivity index (χ3n) is 32.0. The molecule has 21 aromatic carbocycles. The second-order valence-corrected chi connectivity index (χ2v) is 39.6. The van der Waals surface area contributed by atoms with Crippen molar-refractivity contribution >= 4 is 229 Å². The van der Waals surface area contributed by atoms with E-state index in [9.17, 15) is 0 Å². The molecule has 0 aliphatic carbocycles. The van der Waals surface area contributed by atoms with Crippen molar-refractivity contribution in [3.8, 4) is 125 Å². The van der Waals surface area contributed by atoms with Crippen LogP contribution in [-0.2, 0) is 0 Å². The van der Waals surface area contributed by atoms with Crippen molar-refractivity contribution in [3.05, 3.63) is 413 Å². The average Bonchev–Trinajstić information content (AvgIpc) is 1.53. The van der Waals surface area contributed by atoms with Gasteiger partial charge in [-0.15, -0.1) is 0 Å². The molecule has 0 saturated heterocycles. The summed E-state index contributed by atoms with van der Waals surface area (Å²) in [6.07, 6.45) is 0. The van der Waals surface area contributed by atoms with Gasteiger partial charge in [0, 0.05) is 131 Å². The maximum absolute atomic E-state index is 7.53. The Labute approximate surface area is 846 Å². The highest BCUT2D eigenvalue weighted by Crippen LogP contribution is 2.58. The number of para-hydroxylation sites is 9. The van der Waals surface area contributed by atoms with E-state index >= 15 is 0 Å². The maximum atomic E-state index is 7.53. The van der Waals surface area contributed by atoms with E-state index in [1.165, 1.54) is 0 Å². The Morgan fingerprint density at radius 3 is 1.25 bits per heavy atom. The molecule has 692 valence electrons. The van der Waals surface area contributed by atoms with Crippen molar-refractivity contribution in [1.29, 1.82) is 0 Å². The molecule has 0 amide bonds. The summed E-state index contributed by atoms with van der Waals surface area (Å²) in [6.45, 7) is 0. The van der Waals surface area contributed by atoms with Crippen LogP contribution < -0.4 is 14.2 Å². The zero-order chi connectivity index (χ0) is 97.0. The van der Waals surface area contributed by atoms with Crippen LogP contribution in [0, 0.1) is 0 Å². The lowest BCUT2D eigenvalue weighted by Crippen LogP contribution is -2.07. The van der Waals surface area contributed by atoms with Crippen LogP contribution in [0.4, 0.5) is 0 Å². The molecule has 150 heavy (non-hydrogen) atoms. The number of ether oxygens (including phenoxy) is 3. The van der Waals surface area contributed by atoms with Gasteiger partial charge in [-0.3, -0.25) is 13.7 Å². The predicted octanol–water partition coefficient (Wildman–Crippen LogP) is 34.4. The van der Waals surface area contributed by atoms with Crippen molar-refractivity contribution in [1.82, 2.24) is 57.3 Å². The van der Waals surface area contributed by atoms with E-state index in [1.54, 1.807) is 0 Å². The van der Waals surface area contributed by atoms with Gasteiger partial charge < -0.3 is 41.2 Å². The number of furan rings is 3. The molecule has 0 radical (unpaired) electrons. The molecule has 33 aromatic rings. The zero-order valence-corrected chi connectivity index (χ0v) is 79.1. The van der Waals surface area contributed by atoms with Crippen molar-refractivity contribution < 1.29 is 27.5 Å². The molecule has 36 rings (SSSR count). The molecule has 0 atom stereocenters. The number of fused-ring (bicyclic) bond motifs is 39. The second kappa shape index (κ2) is 28.6. The third kappa shape index (κ3) is 10.3. The van der Waals surface area contributed by atoms with Gasteiger partial charge in [0.25, 0.3) is 0 Å². The molecular formula is C132H68N12O6. The lowest BCUT2D eigenvalue weighted by atomic mass is 9.95. The maximum Gasteiger partial charge on any atom is 0.235 e. The van der Waals surface area contributed by atoms with Crippen molar-refractivity contribution in [3.63, 3.8) is 0 Å². The summed E-state index contributed by atoms with van der Waals surface area (Å²) in [4.78, 5) is 33.7. The van der Waals surface area contributed by atoms with E-state index in [4.69, 9.17) is 57.4 Å². The summed E-state index contributed by atoms with van der Waals surface area (Å²) in [5, 5.41) is 21.4. The molecule has 0 unspecified atom stereocenters. The van der Waals surface area contributed by atoms with Crippen LogP contribution in [0.25, 0.3) is 320 Å². The quantitative estimate of drug-likeness (QED) is 0.141. The van der Waals surface area contributed by atoms with Gasteiger partial charge in [-0.2, -0.15) is 0 Å². The van der Waals surface area contributed by atoms with Gasteiger partial charge in [0.05, 0.1) is 121 Å². The third-order valence-corrected chi connectivity index (χ3v) is 32.0. The Hall–Kier alpha value is -20.8. The number of hydrogen-bond acceptors (Lipinski definition) is 12. The minimum Gasteiger partial charge on any atom is -0.456 e. The van der Waals surface area contributed by atoms with Crippen molar-refractivity contribution in [2.45, 2.75) is 0 Å². The molecular weight excluding hydrogens is 1850 g/mol. The fourth-order valence-electron chi connectivity index (χ4n) is 25.9. The average molecular weight is 1920 g/mol. The Morgan fingerprint density at radius 2 is 0.580 bits per heavy atom. The molecule has 18 heteroatoms. The summed E-state index contributed by atoms with van der Waals surface area (Å²) in [5.41, 5.74) is 30.8.